The zero-order valence-corrected chi connectivity index (χ0v) is 12.3. The fraction of sp³-hybridized carbons (Fsp3) is 0.154. The van der Waals surface area contributed by atoms with E-state index in [2.05, 4.69) is 9.71 Å². The van der Waals surface area contributed by atoms with Crippen LogP contribution in [0.5, 0.6) is 11.5 Å². The normalized spacial score (nSPS) is 11.0. The number of ether oxygens (including phenoxy) is 2. The third-order valence-electron chi connectivity index (χ3n) is 2.74. The Bertz CT molecular complexity index is 733. The quantitative estimate of drug-likeness (QED) is 0.811. The van der Waals surface area contributed by atoms with Crippen LogP contribution in [-0.2, 0) is 10.0 Å². The van der Waals surface area contributed by atoms with Gasteiger partial charge in [-0.2, -0.15) is 0 Å². The second-order valence-electron chi connectivity index (χ2n) is 4.09. The molecule has 1 aromatic carbocycles. The lowest BCUT2D eigenvalue weighted by Gasteiger charge is -2.14. The van der Waals surface area contributed by atoms with Gasteiger partial charge in [-0.1, -0.05) is 0 Å². The molecule has 7 nitrogen and oxygen atoms in total. The van der Waals surface area contributed by atoms with Crippen molar-refractivity contribution in [3.05, 3.63) is 36.7 Å². The number of nitrogen functional groups attached to an aromatic ring is 1. The minimum absolute atomic E-state index is 0.0693. The summed E-state index contributed by atoms with van der Waals surface area (Å²) in [6.07, 6.45) is 2.97. The van der Waals surface area contributed by atoms with Gasteiger partial charge in [-0.15, -0.1) is 0 Å². The Kier molecular flexibility index (Phi) is 4.18. The highest BCUT2D eigenvalue weighted by Crippen LogP contribution is 2.34. The average Bonchev–Trinajstić information content (AvgIpc) is 2.47. The first-order chi connectivity index (χ1) is 9.97. The van der Waals surface area contributed by atoms with Gasteiger partial charge in [-0.3, -0.25) is 9.71 Å². The number of anilines is 2. The van der Waals surface area contributed by atoms with Crippen molar-refractivity contribution in [3.8, 4) is 11.5 Å². The summed E-state index contributed by atoms with van der Waals surface area (Å²) in [5, 5.41) is 0. The minimum Gasteiger partial charge on any atom is -0.495 e. The summed E-state index contributed by atoms with van der Waals surface area (Å²) in [6, 6.07) is 5.80. The first-order valence-corrected chi connectivity index (χ1v) is 7.40. The SMILES string of the molecule is COc1cc(OC)c(S(=O)(=O)Nc2ccncc2)cc1N. The van der Waals surface area contributed by atoms with Gasteiger partial charge < -0.3 is 15.2 Å². The predicted octanol–water partition coefficient (Wildman–Crippen LogP) is 1.48. The van der Waals surface area contributed by atoms with Crippen molar-refractivity contribution in [1.82, 2.24) is 4.98 Å². The van der Waals surface area contributed by atoms with Crippen LogP contribution in [0.2, 0.25) is 0 Å². The van der Waals surface area contributed by atoms with E-state index in [4.69, 9.17) is 15.2 Å². The van der Waals surface area contributed by atoms with Gasteiger partial charge in [0, 0.05) is 18.5 Å². The predicted molar refractivity (Wildman–Crippen MR) is 79.0 cm³/mol. The molecule has 0 unspecified atom stereocenters. The van der Waals surface area contributed by atoms with Crippen LogP contribution in [0.25, 0.3) is 0 Å². The number of sulfonamides is 1. The molecule has 0 bridgehead atoms. The number of hydrogen-bond acceptors (Lipinski definition) is 6. The molecule has 0 saturated carbocycles. The number of hydrogen-bond donors (Lipinski definition) is 2. The number of aromatic nitrogens is 1. The molecule has 1 aromatic heterocycles. The molecular formula is C13H15N3O4S. The molecule has 0 aliphatic rings. The molecule has 3 N–H and O–H groups in total. The van der Waals surface area contributed by atoms with Crippen molar-refractivity contribution in [3.63, 3.8) is 0 Å². The van der Waals surface area contributed by atoms with E-state index in [1.807, 2.05) is 0 Å². The summed E-state index contributed by atoms with van der Waals surface area (Å²) >= 11 is 0. The van der Waals surface area contributed by atoms with Gasteiger partial charge in [0.25, 0.3) is 10.0 Å². The van der Waals surface area contributed by atoms with E-state index in [1.54, 1.807) is 0 Å². The van der Waals surface area contributed by atoms with E-state index in [1.165, 1.54) is 50.9 Å². The van der Waals surface area contributed by atoms with Crippen LogP contribution in [0.1, 0.15) is 0 Å². The molecule has 0 amide bonds. The van der Waals surface area contributed by atoms with Crippen molar-refractivity contribution in [2.45, 2.75) is 4.90 Å². The molecule has 1 heterocycles. The van der Waals surface area contributed by atoms with Gasteiger partial charge in [0.15, 0.2) is 0 Å². The van der Waals surface area contributed by atoms with Gasteiger partial charge in [0.05, 0.1) is 25.6 Å². The first-order valence-electron chi connectivity index (χ1n) is 5.92. The largest absolute Gasteiger partial charge is 0.495 e. The van der Waals surface area contributed by atoms with Gasteiger partial charge in [0.2, 0.25) is 0 Å². The Balaban J connectivity index is 2.47. The maximum atomic E-state index is 12.4. The summed E-state index contributed by atoms with van der Waals surface area (Å²) in [5.74, 6) is 0.484. The van der Waals surface area contributed by atoms with Crippen LogP contribution in [0.4, 0.5) is 11.4 Å². The van der Waals surface area contributed by atoms with Crippen molar-refractivity contribution in [1.29, 1.82) is 0 Å². The summed E-state index contributed by atoms with van der Waals surface area (Å²) in [4.78, 5) is 3.75. The maximum Gasteiger partial charge on any atom is 0.265 e. The van der Waals surface area contributed by atoms with E-state index < -0.39 is 10.0 Å². The molecule has 0 saturated heterocycles. The molecule has 0 fully saturated rings. The van der Waals surface area contributed by atoms with Crippen molar-refractivity contribution in [2.75, 3.05) is 24.7 Å². The highest BCUT2D eigenvalue weighted by molar-refractivity contribution is 7.92. The molecule has 21 heavy (non-hydrogen) atoms. The highest BCUT2D eigenvalue weighted by atomic mass is 32.2. The fourth-order valence-electron chi connectivity index (χ4n) is 1.73. The lowest BCUT2D eigenvalue weighted by molar-refractivity contribution is 0.387. The molecule has 2 aromatic rings. The monoisotopic (exact) mass is 309 g/mol. The number of nitrogens with two attached hydrogens (primary N) is 1. The number of pyridine rings is 1. The van der Waals surface area contributed by atoms with Crippen LogP contribution in [-0.4, -0.2) is 27.6 Å². The van der Waals surface area contributed by atoms with Crippen LogP contribution in [0.3, 0.4) is 0 Å². The van der Waals surface area contributed by atoms with Crippen LogP contribution >= 0.6 is 0 Å². The summed E-state index contributed by atoms with van der Waals surface area (Å²) in [6.45, 7) is 0. The Morgan fingerprint density at radius 3 is 2.29 bits per heavy atom. The highest BCUT2D eigenvalue weighted by Gasteiger charge is 2.22. The standard InChI is InChI=1S/C13H15N3O4S/c1-19-11-8-12(20-2)13(7-10(11)14)21(17,18)16-9-3-5-15-6-4-9/h3-8H,14H2,1-2H3,(H,15,16). The van der Waals surface area contributed by atoms with Crippen LogP contribution < -0.4 is 19.9 Å². The number of nitrogens with zero attached hydrogens (tertiary/aromatic N) is 1. The average molecular weight is 309 g/mol. The fourth-order valence-corrected chi connectivity index (χ4v) is 2.98. The Hall–Kier alpha value is -2.48. The summed E-state index contributed by atoms with van der Waals surface area (Å²) in [5.41, 5.74) is 6.36. The van der Waals surface area contributed by atoms with Crippen molar-refractivity contribution >= 4 is 21.4 Å². The lowest BCUT2D eigenvalue weighted by Crippen LogP contribution is -2.14. The first kappa shape index (κ1) is 14.9. The number of nitrogens with one attached hydrogen (secondary N) is 1. The second kappa shape index (κ2) is 5.88. The van der Waals surface area contributed by atoms with Gasteiger partial charge in [-0.25, -0.2) is 8.42 Å². The zero-order valence-electron chi connectivity index (χ0n) is 11.5. The third kappa shape index (κ3) is 3.16. The molecule has 0 aliphatic heterocycles. The summed E-state index contributed by atoms with van der Waals surface area (Å²) in [7, 11) is -1.03. The topological polar surface area (TPSA) is 104 Å². The summed E-state index contributed by atoms with van der Waals surface area (Å²) < 4.78 is 37.4. The number of benzene rings is 1. The molecule has 112 valence electrons. The number of methoxy groups -OCH3 is 2. The maximum absolute atomic E-state index is 12.4. The Morgan fingerprint density at radius 1 is 1.10 bits per heavy atom. The zero-order chi connectivity index (χ0) is 15.5. The molecule has 0 spiro atoms. The number of rotatable bonds is 5. The van der Waals surface area contributed by atoms with E-state index >= 15 is 0 Å². The lowest BCUT2D eigenvalue weighted by atomic mass is 10.3. The van der Waals surface area contributed by atoms with Gasteiger partial charge >= 0.3 is 0 Å². The molecule has 2 rings (SSSR count). The molecule has 0 radical (unpaired) electrons. The molecule has 0 atom stereocenters. The Morgan fingerprint density at radius 2 is 1.71 bits per heavy atom. The van der Waals surface area contributed by atoms with E-state index in [9.17, 15) is 8.42 Å². The molecule has 0 aliphatic carbocycles. The van der Waals surface area contributed by atoms with Crippen LogP contribution in [0, 0.1) is 0 Å². The van der Waals surface area contributed by atoms with E-state index in [0.29, 0.717) is 11.4 Å². The molecule has 8 heteroatoms. The molecular weight excluding hydrogens is 294 g/mol. The third-order valence-corrected chi connectivity index (χ3v) is 4.14. The minimum atomic E-state index is -3.84. The van der Waals surface area contributed by atoms with Crippen molar-refractivity contribution in [2.24, 2.45) is 0 Å². The van der Waals surface area contributed by atoms with E-state index in [-0.39, 0.29) is 16.3 Å². The smallest absolute Gasteiger partial charge is 0.265 e. The van der Waals surface area contributed by atoms with Gasteiger partial charge in [0.1, 0.15) is 16.4 Å². The van der Waals surface area contributed by atoms with E-state index in [0.717, 1.165) is 0 Å². The Labute approximate surface area is 122 Å². The van der Waals surface area contributed by atoms with Crippen LogP contribution in [0.15, 0.2) is 41.6 Å². The second-order valence-corrected chi connectivity index (χ2v) is 5.74. The van der Waals surface area contributed by atoms with Crippen molar-refractivity contribution < 1.29 is 17.9 Å². The van der Waals surface area contributed by atoms with Gasteiger partial charge in [-0.05, 0) is 18.2 Å².